The summed E-state index contributed by atoms with van der Waals surface area (Å²) >= 11 is 2.31. The lowest BCUT2D eigenvalue weighted by atomic mass is 10.1. The number of hydrogen-bond donors (Lipinski definition) is 2. The topological polar surface area (TPSA) is 41.1 Å². The molecule has 0 heterocycles. The maximum absolute atomic E-state index is 11.5. The van der Waals surface area contributed by atoms with Crippen LogP contribution in [0, 0.1) is 3.57 Å². The Balaban J connectivity index is 1.61. The molecule has 0 aromatic heterocycles. The van der Waals surface area contributed by atoms with Gasteiger partial charge in [-0.05, 0) is 73.0 Å². The molecule has 1 aromatic rings. The molecule has 1 atom stereocenters. The van der Waals surface area contributed by atoms with E-state index in [0.29, 0.717) is 18.5 Å². The lowest BCUT2D eigenvalue weighted by Crippen LogP contribution is -2.27. The van der Waals surface area contributed by atoms with Gasteiger partial charge in [-0.25, -0.2) is 0 Å². The number of hydrogen-bond acceptors (Lipinski definition) is 2. The van der Waals surface area contributed by atoms with Gasteiger partial charge in [0.1, 0.15) is 0 Å². The Labute approximate surface area is 128 Å². The van der Waals surface area contributed by atoms with E-state index in [4.69, 9.17) is 0 Å². The van der Waals surface area contributed by atoms with Crippen molar-refractivity contribution in [2.24, 2.45) is 0 Å². The molecule has 104 valence electrons. The molecule has 0 radical (unpaired) electrons. The number of halogens is 1. The zero-order valence-corrected chi connectivity index (χ0v) is 13.4. The van der Waals surface area contributed by atoms with E-state index in [9.17, 15) is 4.79 Å². The summed E-state index contributed by atoms with van der Waals surface area (Å²) < 4.78 is 1.25. The first-order valence-corrected chi connectivity index (χ1v) is 8.01. The highest BCUT2D eigenvalue weighted by molar-refractivity contribution is 14.1. The fourth-order valence-electron chi connectivity index (χ4n) is 1.96. The summed E-state index contributed by atoms with van der Waals surface area (Å²) in [4.78, 5) is 11.5. The molecule has 1 aliphatic carbocycles. The van der Waals surface area contributed by atoms with Crippen LogP contribution in [0.25, 0.3) is 0 Å². The van der Waals surface area contributed by atoms with Crippen molar-refractivity contribution >= 4 is 28.5 Å². The van der Waals surface area contributed by atoms with E-state index in [2.05, 4.69) is 64.4 Å². The standard InChI is InChI=1S/C15H21IN2O/c1-11(12-4-6-13(16)7-5-12)17-10-2-3-15(19)18-14-8-9-14/h4-7,11,14,17H,2-3,8-10H2,1H3,(H,18,19). The SMILES string of the molecule is CC(NCCCC(=O)NC1CC1)c1ccc(I)cc1. The van der Waals surface area contributed by atoms with E-state index in [1.807, 2.05) is 0 Å². The van der Waals surface area contributed by atoms with Crippen LogP contribution in [-0.4, -0.2) is 18.5 Å². The molecule has 2 rings (SSSR count). The highest BCUT2D eigenvalue weighted by atomic mass is 127. The highest BCUT2D eigenvalue weighted by Crippen LogP contribution is 2.18. The smallest absolute Gasteiger partial charge is 0.220 e. The van der Waals surface area contributed by atoms with E-state index in [1.54, 1.807) is 0 Å². The van der Waals surface area contributed by atoms with E-state index >= 15 is 0 Å². The molecule has 0 aliphatic heterocycles. The Morgan fingerprint density at radius 2 is 2.05 bits per heavy atom. The van der Waals surface area contributed by atoms with Gasteiger partial charge in [-0.2, -0.15) is 0 Å². The second-order valence-electron chi connectivity index (χ2n) is 5.17. The first kappa shape index (κ1) is 14.8. The van der Waals surface area contributed by atoms with Gasteiger partial charge in [0, 0.05) is 22.1 Å². The minimum atomic E-state index is 0.200. The van der Waals surface area contributed by atoms with Crippen LogP contribution < -0.4 is 10.6 Å². The monoisotopic (exact) mass is 372 g/mol. The van der Waals surface area contributed by atoms with Crippen LogP contribution in [0.3, 0.4) is 0 Å². The molecule has 1 aliphatic rings. The van der Waals surface area contributed by atoms with Crippen LogP contribution >= 0.6 is 22.6 Å². The second kappa shape index (κ2) is 7.24. The van der Waals surface area contributed by atoms with E-state index < -0.39 is 0 Å². The Hall–Kier alpha value is -0.620. The average Bonchev–Trinajstić information content (AvgIpc) is 3.19. The molecule has 1 aromatic carbocycles. The first-order valence-electron chi connectivity index (χ1n) is 6.93. The van der Waals surface area contributed by atoms with Gasteiger partial charge < -0.3 is 10.6 Å². The summed E-state index contributed by atoms with van der Waals surface area (Å²) in [7, 11) is 0. The Kier molecular flexibility index (Phi) is 5.63. The van der Waals surface area contributed by atoms with Crippen LogP contribution in [0.5, 0.6) is 0 Å². The molecule has 0 saturated heterocycles. The summed E-state index contributed by atoms with van der Waals surface area (Å²) in [6.07, 6.45) is 3.85. The number of carbonyl (C=O) groups excluding carboxylic acids is 1. The van der Waals surface area contributed by atoms with Crippen LogP contribution in [0.4, 0.5) is 0 Å². The van der Waals surface area contributed by atoms with Crippen molar-refractivity contribution in [2.75, 3.05) is 6.54 Å². The molecule has 1 unspecified atom stereocenters. The summed E-state index contributed by atoms with van der Waals surface area (Å²) in [6.45, 7) is 3.04. The molecule has 2 N–H and O–H groups in total. The molecule has 4 heteroatoms. The highest BCUT2D eigenvalue weighted by Gasteiger charge is 2.22. The molecule has 0 spiro atoms. The summed E-state index contributed by atoms with van der Waals surface area (Å²) in [5, 5.41) is 6.47. The van der Waals surface area contributed by atoms with Crippen LogP contribution in [0.1, 0.15) is 44.2 Å². The Morgan fingerprint density at radius 1 is 1.37 bits per heavy atom. The zero-order chi connectivity index (χ0) is 13.7. The largest absolute Gasteiger partial charge is 0.353 e. The number of amides is 1. The maximum Gasteiger partial charge on any atom is 0.220 e. The van der Waals surface area contributed by atoms with Crippen LogP contribution in [0.2, 0.25) is 0 Å². The van der Waals surface area contributed by atoms with Gasteiger partial charge in [0.05, 0.1) is 0 Å². The fraction of sp³-hybridized carbons (Fsp3) is 0.533. The number of rotatable bonds is 7. The van der Waals surface area contributed by atoms with Gasteiger partial charge in [0.25, 0.3) is 0 Å². The molecule has 1 amide bonds. The number of benzene rings is 1. The van der Waals surface area contributed by atoms with Crippen LogP contribution in [0.15, 0.2) is 24.3 Å². The predicted octanol–water partition coefficient (Wildman–Crippen LogP) is 3.00. The normalized spacial score (nSPS) is 16.1. The fourth-order valence-corrected chi connectivity index (χ4v) is 2.32. The predicted molar refractivity (Wildman–Crippen MR) is 86.0 cm³/mol. The lowest BCUT2D eigenvalue weighted by molar-refractivity contribution is -0.121. The third-order valence-electron chi connectivity index (χ3n) is 3.34. The van der Waals surface area contributed by atoms with Crippen LogP contribution in [-0.2, 0) is 4.79 Å². The molecule has 3 nitrogen and oxygen atoms in total. The lowest BCUT2D eigenvalue weighted by Gasteiger charge is -2.14. The van der Waals surface area contributed by atoms with Crippen molar-refractivity contribution in [2.45, 2.75) is 44.7 Å². The van der Waals surface area contributed by atoms with Crippen molar-refractivity contribution in [3.8, 4) is 0 Å². The minimum absolute atomic E-state index is 0.200. The maximum atomic E-state index is 11.5. The molecule has 1 saturated carbocycles. The second-order valence-corrected chi connectivity index (χ2v) is 6.42. The van der Waals surface area contributed by atoms with Crippen molar-refractivity contribution < 1.29 is 4.79 Å². The van der Waals surface area contributed by atoms with E-state index in [0.717, 1.165) is 25.8 Å². The van der Waals surface area contributed by atoms with Gasteiger partial charge in [0.2, 0.25) is 5.91 Å². The summed E-state index contributed by atoms with van der Waals surface area (Å²) in [6, 6.07) is 9.36. The van der Waals surface area contributed by atoms with E-state index in [1.165, 1.54) is 9.13 Å². The van der Waals surface area contributed by atoms with Crippen molar-refractivity contribution in [3.63, 3.8) is 0 Å². The molecular formula is C15H21IN2O. The minimum Gasteiger partial charge on any atom is -0.353 e. The van der Waals surface area contributed by atoms with Crippen molar-refractivity contribution in [1.29, 1.82) is 0 Å². The summed E-state index contributed by atoms with van der Waals surface area (Å²) in [5.74, 6) is 0.200. The Morgan fingerprint density at radius 3 is 2.68 bits per heavy atom. The third-order valence-corrected chi connectivity index (χ3v) is 4.06. The summed E-state index contributed by atoms with van der Waals surface area (Å²) in [5.41, 5.74) is 1.29. The molecule has 19 heavy (non-hydrogen) atoms. The number of nitrogens with one attached hydrogen (secondary N) is 2. The number of carbonyl (C=O) groups is 1. The molecular weight excluding hydrogens is 351 g/mol. The molecule has 0 bridgehead atoms. The van der Waals surface area contributed by atoms with Gasteiger partial charge in [0.15, 0.2) is 0 Å². The third kappa shape index (κ3) is 5.48. The van der Waals surface area contributed by atoms with Gasteiger partial charge in [-0.15, -0.1) is 0 Å². The zero-order valence-electron chi connectivity index (χ0n) is 11.3. The molecule has 1 fully saturated rings. The van der Waals surface area contributed by atoms with E-state index in [-0.39, 0.29) is 5.91 Å². The van der Waals surface area contributed by atoms with Crippen molar-refractivity contribution in [3.05, 3.63) is 33.4 Å². The van der Waals surface area contributed by atoms with Crippen molar-refractivity contribution in [1.82, 2.24) is 10.6 Å². The average molecular weight is 372 g/mol. The quantitative estimate of drug-likeness (QED) is 0.571. The van der Waals surface area contributed by atoms with Gasteiger partial charge >= 0.3 is 0 Å². The first-order chi connectivity index (χ1) is 9.15. The van der Waals surface area contributed by atoms with Gasteiger partial charge in [-0.3, -0.25) is 4.79 Å². The van der Waals surface area contributed by atoms with Gasteiger partial charge in [-0.1, -0.05) is 12.1 Å². The Bertz CT molecular complexity index is 415.